The molecule has 3 N–H and O–H groups in total. The molecule has 0 heterocycles. The molecule has 4 nitrogen and oxygen atoms in total. The fourth-order valence-corrected chi connectivity index (χ4v) is 1.61. The average Bonchev–Trinajstić information content (AvgIpc) is 2.29. The summed E-state index contributed by atoms with van der Waals surface area (Å²) in [6, 6.07) is 7.54. The normalized spacial score (nSPS) is 9.44. The summed E-state index contributed by atoms with van der Waals surface area (Å²) in [4.78, 5) is 11.3. The van der Waals surface area contributed by atoms with Crippen LogP contribution >= 0.6 is 28.3 Å². The van der Waals surface area contributed by atoms with Crippen LogP contribution in [-0.2, 0) is 4.79 Å². The van der Waals surface area contributed by atoms with E-state index in [2.05, 4.69) is 21.2 Å². The first kappa shape index (κ1) is 17.2. The molecule has 0 saturated heterocycles. The van der Waals surface area contributed by atoms with E-state index in [4.69, 9.17) is 10.5 Å². The molecule has 0 fully saturated rings. The second kappa shape index (κ2) is 10.2. The van der Waals surface area contributed by atoms with Crippen molar-refractivity contribution in [3.05, 3.63) is 28.7 Å². The molecular weight excluding hydrogens is 320 g/mol. The summed E-state index contributed by atoms with van der Waals surface area (Å²) >= 11 is 3.35. The number of ether oxygens (including phenoxy) is 1. The Kier molecular flexibility index (Phi) is 9.73. The molecule has 0 aliphatic heterocycles. The number of hydrogen-bond donors (Lipinski definition) is 2. The van der Waals surface area contributed by atoms with Crippen molar-refractivity contribution in [2.24, 2.45) is 5.73 Å². The van der Waals surface area contributed by atoms with Crippen LogP contribution in [0.25, 0.3) is 0 Å². The maximum Gasteiger partial charge on any atom is 0.223 e. The molecule has 0 bridgehead atoms. The Hall–Kier alpha value is -0.780. The maximum absolute atomic E-state index is 11.3. The second-order valence-corrected chi connectivity index (χ2v) is 4.46. The third kappa shape index (κ3) is 7.53. The zero-order chi connectivity index (χ0) is 12.5. The van der Waals surface area contributed by atoms with E-state index in [1.165, 1.54) is 0 Å². The summed E-state index contributed by atoms with van der Waals surface area (Å²) in [6.45, 7) is 1.60. The molecular formula is C12H18BrClN2O2. The number of halogens is 2. The lowest BCUT2D eigenvalue weighted by molar-refractivity contribution is -0.121. The van der Waals surface area contributed by atoms with Crippen LogP contribution in [0.2, 0.25) is 0 Å². The van der Waals surface area contributed by atoms with Gasteiger partial charge in [-0.05, 0) is 31.2 Å². The van der Waals surface area contributed by atoms with Crippen molar-refractivity contribution in [2.75, 3.05) is 19.7 Å². The first-order valence-corrected chi connectivity index (χ1v) is 6.37. The topological polar surface area (TPSA) is 64.3 Å². The van der Waals surface area contributed by atoms with Crippen LogP contribution in [0.5, 0.6) is 5.75 Å². The smallest absolute Gasteiger partial charge is 0.223 e. The minimum atomic E-state index is -0.00607. The van der Waals surface area contributed by atoms with Gasteiger partial charge in [-0.1, -0.05) is 22.0 Å². The number of rotatable bonds is 7. The number of carbonyl (C=O) groups is 1. The highest BCUT2D eigenvalue weighted by atomic mass is 79.9. The summed E-state index contributed by atoms with van der Waals surface area (Å²) in [5.41, 5.74) is 5.32. The van der Waals surface area contributed by atoms with Crippen LogP contribution in [0.4, 0.5) is 0 Å². The third-order valence-corrected chi connectivity index (χ3v) is 2.59. The number of amides is 1. The number of benzene rings is 1. The lowest BCUT2D eigenvalue weighted by atomic mass is 10.3. The fraction of sp³-hybridized carbons (Fsp3) is 0.417. The molecule has 0 spiro atoms. The quantitative estimate of drug-likeness (QED) is 0.749. The molecule has 0 aliphatic rings. The predicted octanol–water partition coefficient (Wildman–Crippen LogP) is 2.10. The van der Waals surface area contributed by atoms with Gasteiger partial charge in [-0.2, -0.15) is 0 Å². The Labute approximate surface area is 122 Å². The van der Waals surface area contributed by atoms with E-state index in [1.807, 2.05) is 24.3 Å². The van der Waals surface area contributed by atoms with Gasteiger partial charge in [0.2, 0.25) is 5.91 Å². The van der Waals surface area contributed by atoms with Gasteiger partial charge in [0, 0.05) is 11.0 Å². The minimum Gasteiger partial charge on any atom is -0.493 e. The molecule has 1 aromatic carbocycles. The van der Waals surface area contributed by atoms with E-state index < -0.39 is 0 Å². The zero-order valence-electron chi connectivity index (χ0n) is 10.0. The molecule has 0 radical (unpaired) electrons. The van der Waals surface area contributed by atoms with Crippen LogP contribution in [0, 0.1) is 0 Å². The fourth-order valence-electron chi connectivity index (χ4n) is 1.24. The summed E-state index contributed by atoms with van der Waals surface area (Å²) in [5, 5.41) is 2.77. The molecule has 18 heavy (non-hydrogen) atoms. The SMILES string of the molecule is Cl.NCCCNC(=O)CCOc1cccc(Br)c1. The predicted molar refractivity (Wildman–Crippen MR) is 78.2 cm³/mol. The highest BCUT2D eigenvalue weighted by Gasteiger charge is 2.01. The molecule has 102 valence electrons. The lowest BCUT2D eigenvalue weighted by Gasteiger charge is -2.07. The van der Waals surface area contributed by atoms with Crippen molar-refractivity contribution >= 4 is 34.2 Å². The third-order valence-electron chi connectivity index (χ3n) is 2.10. The lowest BCUT2D eigenvalue weighted by Crippen LogP contribution is -2.27. The van der Waals surface area contributed by atoms with Gasteiger partial charge >= 0.3 is 0 Å². The molecule has 0 atom stereocenters. The average molecular weight is 338 g/mol. The Morgan fingerprint density at radius 2 is 2.22 bits per heavy atom. The van der Waals surface area contributed by atoms with Crippen LogP contribution in [-0.4, -0.2) is 25.6 Å². The van der Waals surface area contributed by atoms with Crippen LogP contribution in [0.1, 0.15) is 12.8 Å². The summed E-state index contributed by atoms with van der Waals surface area (Å²) in [5.74, 6) is 0.752. The van der Waals surface area contributed by atoms with Gasteiger partial charge in [-0.15, -0.1) is 12.4 Å². The van der Waals surface area contributed by atoms with Crippen LogP contribution in [0.15, 0.2) is 28.7 Å². The first-order valence-electron chi connectivity index (χ1n) is 5.57. The molecule has 0 aromatic heterocycles. The van der Waals surface area contributed by atoms with E-state index in [-0.39, 0.29) is 18.3 Å². The Balaban J connectivity index is 0.00000289. The van der Waals surface area contributed by atoms with Crippen molar-refractivity contribution < 1.29 is 9.53 Å². The van der Waals surface area contributed by atoms with Gasteiger partial charge in [0.25, 0.3) is 0 Å². The van der Waals surface area contributed by atoms with E-state index in [0.29, 0.717) is 26.1 Å². The van der Waals surface area contributed by atoms with Gasteiger partial charge in [0.05, 0.1) is 13.0 Å². The molecule has 0 aliphatic carbocycles. The van der Waals surface area contributed by atoms with Crippen LogP contribution < -0.4 is 15.8 Å². The van der Waals surface area contributed by atoms with Gasteiger partial charge in [-0.25, -0.2) is 0 Å². The van der Waals surface area contributed by atoms with Crippen molar-refractivity contribution in [1.29, 1.82) is 0 Å². The standard InChI is InChI=1S/C12H17BrN2O2.ClH/c13-10-3-1-4-11(9-10)17-8-5-12(16)15-7-2-6-14;/h1,3-4,9H,2,5-8,14H2,(H,15,16);1H. The van der Waals surface area contributed by atoms with Crippen molar-refractivity contribution in [3.63, 3.8) is 0 Å². The van der Waals surface area contributed by atoms with E-state index >= 15 is 0 Å². The number of carbonyl (C=O) groups excluding carboxylic acids is 1. The Morgan fingerprint density at radius 3 is 2.89 bits per heavy atom. The second-order valence-electron chi connectivity index (χ2n) is 3.55. The highest BCUT2D eigenvalue weighted by Crippen LogP contribution is 2.17. The monoisotopic (exact) mass is 336 g/mol. The Morgan fingerprint density at radius 1 is 1.44 bits per heavy atom. The van der Waals surface area contributed by atoms with Gasteiger partial charge in [0.1, 0.15) is 5.75 Å². The molecule has 0 unspecified atom stereocenters. The summed E-state index contributed by atoms with van der Waals surface area (Å²) in [7, 11) is 0. The molecule has 1 amide bonds. The van der Waals surface area contributed by atoms with Crippen molar-refractivity contribution in [1.82, 2.24) is 5.32 Å². The van der Waals surface area contributed by atoms with Gasteiger partial charge in [0.15, 0.2) is 0 Å². The van der Waals surface area contributed by atoms with Gasteiger partial charge in [-0.3, -0.25) is 4.79 Å². The number of nitrogens with one attached hydrogen (secondary N) is 1. The molecule has 6 heteroatoms. The number of nitrogens with two attached hydrogens (primary N) is 1. The Bertz CT molecular complexity index is 364. The largest absolute Gasteiger partial charge is 0.493 e. The summed E-state index contributed by atoms with van der Waals surface area (Å²) in [6.07, 6.45) is 1.16. The zero-order valence-corrected chi connectivity index (χ0v) is 12.4. The van der Waals surface area contributed by atoms with E-state index in [9.17, 15) is 4.79 Å². The first-order chi connectivity index (χ1) is 8.22. The van der Waals surface area contributed by atoms with Crippen molar-refractivity contribution in [2.45, 2.75) is 12.8 Å². The van der Waals surface area contributed by atoms with Gasteiger partial charge < -0.3 is 15.8 Å². The molecule has 1 rings (SSSR count). The minimum absolute atomic E-state index is 0. The van der Waals surface area contributed by atoms with E-state index in [0.717, 1.165) is 16.6 Å². The van der Waals surface area contributed by atoms with E-state index in [1.54, 1.807) is 0 Å². The number of hydrogen-bond acceptors (Lipinski definition) is 3. The van der Waals surface area contributed by atoms with Crippen molar-refractivity contribution in [3.8, 4) is 5.75 Å². The maximum atomic E-state index is 11.3. The van der Waals surface area contributed by atoms with Crippen LogP contribution in [0.3, 0.4) is 0 Å². The molecule has 0 saturated carbocycles. The summed E-state index contributed by atoms with van der Waals surface area (Å²) < 4.78 is 6.41. The molecule has 1 aromatic rings. The highest BCUT2D eigenvalue weighted by molar-refractivity contribution is 9.10.